The fraction of sp³-hybridized carbons (Fsp3) is 0.500. The third-order valence-corrected chi connectivity index (χ3v) is 2.29. The SMILES string of the molecule is COc1ccnc(OC2(C)CNC2)c1. The highest BCUT2D eigenvalue weighted by Crippen LogP contribution is 2.22. The second kappa shape index (κ2) is 3.46. The Labute approximate surface area is 83.2 Å². The molecule has 0 aromatic carbocycles. The average Bonchev–Trinajstić information content (AvgIpc) is 2.16. The molecule has 14 heavy (non-hydrogen) atoms. The van der Waals surface area contributed by atoms with Gasteiger partial charge in [0.25, 0.3) is 0 Å². The number of hydrogen-bond acceptors (Lipinski definition) is 4. The van der Waals surface area contributed by atoms with Crippen molar-refractivity contribution in [1.29, 1.82) is 0 Å². The third-order valence-electron chi connectivity index (χ3n) is 2.29. The van der Waals surface area contributed by atoms with Gasteiger partial charge in [-0.05, 0) is 13.0 Å². The Kier molecular flexibility index (Phi) is 2.29. The van der Waals surface area contributed by atoms with Crippen LogP contribution in [0.3, 0.4) is 0 Å². The minimum atomic E-state index is -0.112. The number of nitrogens with one attached hydrogen (secondary N) is 1. The van der Waals surface area contributed by atoms with Crippen LogP contribution in [-0.2, 0) is 0 Å². The van der Waals surface area contributed by atoms with Crippen molar-refractivity contribution in [3.63, 3.8) is 0 Å². The summed E-state index contributed by atoms with van der Waals surface area (Å²) in [6.07, 6.45) is 1.68. The predicted octanol–water partition coefficient (Wildman–Crippen LogP) is 0.831. The quantitative estimate of drug-likeness (QED) is 0.774. The molecule has 1 aromatic heterocycles. The highest BCUT2D eigenvalue weighted by molar-refractivity contribution is 5.26. The van der Waals surface area contributed by atoms with E-state index in [9.17, 15) is 0 Å². The molecule has 1 fully saturated rings. The summed E-state index contributed by atoms with van der Waals surface area (Å²) in [5.41, 5.74) is -0.112. The van der Waals surface area contributed by atoms with E-state index in [0.29, 0.717) is 5.88 Å². The van der Waals surface area contributed by atoms with Crippen LogP contribution in [0.25, 0.3) is 0 Å². The Morgan fingerprint density at radius 3 is 2.86 bits per heavy atom. The smallest absolute Gasteiger partial charge is 0.217 e. The summed E-state index contributed by atoms with van der Waals surface area (Å²) in [5, 5.41) is 3.17. The van der Waals surface area contributed by atoms with E-state index in [-0.39, 0.29) is 5.60 Å². The maximum atomic E-state index is 5.73. The summed E-state index contributed by atoms with van der Waals surface area (Å²) in [5.74, 6) is 1.39. The minimum absolute atomic E-state index is 0.112. The molecule has 4 nitrogen and oxygen atoms in total. The first-order valence-electron chi connectivity index (χ1n) is 4.62. The minimum Gasteiger partial charge on any atom is -0.497 e. The van der Waals surface area contributed by atoms with Crippen molar-refractivity contribution in [3.05, 3.63) is 18.3 Å². The van der Waals surface area contributed by atoms with Crippen LogP contribution in [0.1, 0.15) is 6.92 Å². The number of ether oxygens (including phenoxy) is 2. The van der Waals surface area contributed by atoms with Gasteiger partial charge in [0.1, 0.15) is 11.4 Å². The molecule has 0 amide bonds. The van der Waals surface area contributed by atoms with Gasteiger partial charge in [0.15, 0.2) is 0 Å². The number of hydrogen-bond donors (Lipinski definition) is 1. The van der Waals surface area contributed by atoms with Crippen LogP contribution in [0.15, 0.2) is 18.3 Å². The van der Waals surface area contributed by atoms with Crippen molar-refractivity contribution < 1.29 is 9.47 Å². The largest absolute Gasteiger partial charge is 0.497 e. The Bertz CT molecular complexity index is 324. The van der Waals surface area contributed by atoms with E-state index in [4.69, 9.17) is 9.47 Å². The average molecular weight is 194 g/mol. The first-order valence-corrected chi connectivity index (χ1v) is 4.62. The molecule has 0 spiro atoms. The summed E-state index contributed by atoms with van der Waals surface area (Å²) in [4.78, 5) is 4.12. The lowest BCUT2D eigenvalue weighted by Crippen LogP contribution is -2.61. The van der Waals surface area contributed by atoms with Crippen LogP contribution < -0.4 is 14.8 Å². The number of nitrogens with zero attached hydrogens (tertiary/aromatic N) is 1. The van der Waals surface area contributed by atoms with Crippen LogP contribution in [0.2, 0.25) is 0 Å². The van der Waals surface area contributed by atoms with Crippen molar-refractivity contribution in [1.82, 2.24) is 10.3 Å². The molecule has 0 unspecified atom stereocenters. The van der Waals surface area contributed by atoms with Gasteiger partial charge in [0.05, 0.1) is 7.11 Å². The molecule has 4 heteroatoms. The van der Waals surface area contributed by atoms with E-state index < -0.39 is 0 Å². The zero-order valence-corrected chi connectivity index (χ0v) is 8.41. The summed E-state index contributed by atoms with van der Waals surface area (Å²) >= 11 is 0. The zero-order valence-electron chi connectivity index (χ0n) is 8.41. The van der Waals surface area contributed by atoms with Gasteiger partial charge in [0, 0.05) is 25.4 Å². The molecule has 1 aliphatic rings. The number of pyridine rings is 1. The number of methoxy groups -OCH3 is 1. The molecule has 0 bridgehead atoms. The molecule has 76 valence electrons. The Morgan fingerprint density at radius 2 is 2.29 bits per heavy atom. The molecule has 1 saturated heterocycles. The van der Waals surface area contributed by atoms with Gasteiger partial charge in [0.2, 0.25) is 5.88 Å². The highest BCUT2D eigenvalue weighted by atomic mass is 16.5. The van der Waals surface area contributed by atoms with Gasteiger partial charge >= 0.3 is 0 Å². The second-order valence-electron chi connectivity index (χ2n) is 3.69. The summed E-state index contributed by atoms with van der Waals surface area (Å²) in [6, 6.07) is 3.60. The monoisotopic (exact) mass is 194 g/mol. The van der Waals surface area contributed by atoms with Gasteiger partial charge in [-0.3, -0.25) is 0 Å². The fourth-order valence-electron chi connectivity index (χ4n) is 1.38. The van der Waals surface area contributed by atoms with Gasteiger partial charge in [-0.1, -0.05) is 0 Å². The molecule has 2 rings (SSSR count). The first-order chi connectivity index (χ1) is 6.72. The molecular formula is C10H14N2O2. The lowest BCUT2D eigenvalue weighted by molar-refractivity contribution is 0.0303. The Morgan fingerprint density at radius 1 is 1.50 bits per heavy atom. The van der Waals surface area contributed by atoms with Crippen LogP contribution in [0.5, 0.6) is 11.6 Å². The number of aromatic nitrogens is 1. The Balaban J connectivity index is 2.08. The topological polar surface area (TPSA) is 43.4 Å². The van der Waals surface area contributed by atoms with Crippen molar-refractivity contribution in [3.8, 4) is 11.6 Å². The molecule has 1 aliphatic heterocycles. The van der Waals surface area contributed by atoms with Crippen LogP contribution in [0.4, 0.5) is 0 Å². The molecular weight excluding hydrogens is 180 g/mol. The number of rotatable bonds is 3. The lowest BCUT2D eigenvalue weighted by Gasteiger charge is -2.38. The molecule has 0 radical (unpaired) electrons. The summed E-state index contributed by atoms with van der Waals surface area (Å²) in [6.45, 7) is 3.79. The molecule has 1 N–H and O–H groups in total. The molecule has 2 heterocycles. The van der Waals surface area contributed by atoms with Crippen LogP contribution in [-0.4, -0.2) is 30.8 Å². The van der Waals surface area contributed by atoms with Crippen LogP contribution in [0, 0.1) is 0 Å². The van der Waals surface area contributed by atoms with E-state index in [1.165, 1.54) is 0 Å². The highest BCUT2D eigenvalue weighted by Gasteiger charge is 2.34. The molecule has 1 aromatic rings. The van der Waals surface area contributed by atoms with Crippen molar-refractivity contribution >= 4 is 0 Å². The zero-order chi connectivity index (χ0) is 10.0. The van der Waals surface area contributed by atoms with E-state index >= 15 is 0 Å². The predicted molar refractivity (Wildman–Crippen MR) is 52.7 cm³/mol. The van der Waals surface area contributed by atoms with E-state index in [1.807, 2.05) is 0 Å². The molecule has 0 aliphatic carbocycles. The third kappa shape index (κ3) is 1.80. The van der Waals surface area contributed by atoms with Gasteiger partial charge < -0.3 is 14.8 Å². The van der Waals surface area contributed by atoms with Crippen molar-refractivity contribution in [2.24, 2.45) is 0 Å². The maximum Gasteiger partial charge on any atom is 0.217 e. The van der Waals surface area contributed by atoms with E-state index in [0.717, 1.165) is 18.8 Å². The van der Waals surface area contributed by atoms with E-state index in [2.05, 4.69) is 17.2 Å². The maximum absolute atomic E-state index is 5.73. The first kappa shape index (κ1) is 9.27. The summed E-state index contributed by atoms with van der Waals surface area (Å²) < 4.78 is 10.8. The second-order valence-corrected chi connectivity index (χ2v) is 3.69. The Hall–Kier alpha value is -1.29. The van der Waals surface area contributed by atoms with E-state index in [1.54, 1.807) is 25.4 Å². The summed E-state index contributed by atoms with van der Waals surface area (Å²) in [7, 11) is 1.63. The van der Waals surface area contributed by atoms with Gasteiger partial charge in [-0.2, -0.15) is 0 Å². The molecule has 0 atom stereocenters. The van der Waals surface area contributed by atoms with Crippen molar-refractivity contribution in [2.75, 3.05) is 20.2 Å². The van der Waals surface area contributed by atoms with Gasteiger partial charge in [-0.25, -0.2) is 4.98 Å². The standard InChI is InChI=1S/C10H14N2O2/c1-10(6-11-7-10)14-9-5-8(13-2)3-4-12-9/h3-5,11H,6-7H2,1-2H3. The van der Waals surface area contributed by atoms with Crippen LogP contribution >= 0.6 is 0 Å². The molecule has 0 saturated carbocycles. The van der Waals surface area contributed by atoms with Gasteiger partial charge in [-0.15, -0.1) is 0 Å². The normalized spacial score (nSPS) is 18.4. The van der Waals surface area contributed by atoms with Crippen molar-refractivity contribution in [2.45, 2.75) is 12.5 Å². The fourth-order valence-corrected chi connectivity index (χ4v) is 1.38. The lowest BCUT2D eigenvalue weighted by atomic mass is 10.0.